The summed E-state index contributed by atoms with van der Waals surface area (Å²) in [5, 5.41) is 2.79. The maximum absolute atomic E-state index is 12.3. The van der Waals surface area contributed by atoms with E-state index in [1.807, 2.05) is 0 Å². The van der Waals surface area contributed by atoms with Crippen LogP contribution < -0.4 is 21.3 Å². The van der Waals surface area contributed by atoms with Crippen molar-refractivity contribution < 1.29 is 18.3 Å². The Bertz CT molecular complexity index is 430. The predicted molar refractivity (Wildman–Crippen MR) is 72.8 cm³/mol. The summed E-state index contributed by atoms with van der Waals surface area (Å²) in [7, 11) is 1.60. The largest absolute Gasteiger partial charge is 0.433 e. The van der Waals surface area contributed by atoms with Gasteiger partial charge in [0.2, 0.25) is 5.96 Å². The van der Waals surface area contributed by atoms with Gasteiger partial charge in [-0.25, -0.2) is 5.84 Å². The minimum atomic E-state index is -2.90. The number of nitrogens with two attached hydrogens (primary N) is 1. The van der Waals surface area contributed by atoms with Crippen LogP contribution in [0.25, 0.3) is 0 Å². The fraction of sp³-hybridized carbons (Fsp3) is 0.417. The van der Waals surface area contributed by atoms with E-state index in [0.717, 1.165) is 6.42 Å². The number of nitrogens with zero attached hydrogens (tertiary/aromatic N) is 1. The zero-order valence-corrected chi connectivity index (χ0v) is 11.1. The maximum atomic E-state index is 12.3. The number of halogens is 2. The van der Waals surface area contributed by atoms with E-state index in [1.54, 1.807) is 25.3 Å². The second kappa shape index (κ2) is 9.05. The average molecular weight is 288 g/mol. The number of ether oxygens (including phenoxy) is 2. The summed E-state index contributed by atoms with van der Waals surface area (Å²) >= 11 is 0. The molecule has 112 valence electrons. The second-order valence-corrected chi connectivity index (χ2v) is 3.72. The molecule has 0 spiro atoms. The number of hydrazine groups is 1. The standard InChI is InChI=1S/C12H18F2N4O2/c1-19-8-4-7-16-12(18-15)17-9-5-2-3-6-10(9)20-11(13)14/h2-3,5-6,11H,4,7-8,15H2,1H3,(H2,16,17,18). The second-order valence-electron chi connectivity index (χ2n) is 3.72. The molecule has 0 heterocycles. The van der Waals surface area contributed by atoms with Gasteiger partial charge in [0.15, 0.2) is 0 Å². The van der Waals surface area contributed by atoms with Crippen molar-refractivity contribution in [2.45, 2.75) is 13.0 Å². The molecule has 0 unspecified atom stereocenters. The van der Waals surface area contributed by atoms with Crippen molar-refractivity contribution in [2.75, 3.05) is 25.6 Å². The van der Waals surface area contributed by atoms with Crippen LogP contribution in [0.1, 0.15) is 6.42 Å². The molecule has 0 aliphatic carbocycles. The highest BCUT2D eigenvalue weighted by Crippen LogP contribution is 2.25. The Morgan fingerprint density at radius 1 is 1.40 bits per heavy atom. The highest BCUT2D eigenvalue weighted by molar-refractivity contribution is 5.94. The first-order valence-corrected chi connectivity index (χ1v) is 5.98. The van der Waals surface area contributed by atoms with Crippen molar-refractivity contribution in [3.63, 3.8) is 0 Å². The Morgan fingerprint density at radius 2 is 2.15 bits per heavy atom. The third kappa shape index (κ3) is 5.81. The van der Waals surface area contributed by atoms with Crippen LogP contribution in [0.3, 0.4) is 0 Å². The van der Waals surface area contributed by atoms with Gasteiger partial charge >= 0.3 is 6.61 Å². The minimum absolute atomic E-state index is 0.0161. The third-order valence-electron chi connectivity index (χ3n) is 2.27. The van der Waals surface area contributed by atoms with Crippen molar-refractivity contribution in [1.82, 2.24) is 5.43 Å². The minimum Gasteiger partial charge on any atom is -0.433 e. The average Bonchev–Trinajstić information content (AvgIpc) is 2.43. The molecule has 0 atom stereocenters. The molecule has 20 heavy (non-hydrogen) atoms. The lowest BCUT2D eigenvalue weighted by molar-refractivity contribution is -0.0493. The van der Waals surface area contributed by atoms with E-state index in [4.69, 9.17) is 10.6 Å². The van der Waals surface area contributed by atoms with Crippen LogP contribution in [0.5, 0.6) is 5.75 Å². The molecule has 0 aromatic heterocycles. The van der Waals surface area contributed by atoms with Crippen molar-refractivity contribution in [3.05, 3.63) is 24.3 Å². The number of hydrogen-bond donors (Lipinski definition) is 3. The van der Waals surface area contributed by atoms with Gasteiger partial charge < -0.3 is 14.8 Å². The molecule has 0 saturated carbocycles. The topological polar surface area (TPSA) is 80.9 Å². The van der Waals surface area contributed by atoms with Gasteiger partial charge in [-0.3, -0.25) is 10.4 Å². The SMILES string of the molecule is COCCCN=C(NN)Nc1ccccc1OC(F)F. The summed E-state index contributed by atoms with van der Waals surface area (Å²) in [6, 6.07) is 6.28. The zero-order chi connectivity index (χ0) is 14.8. The molecule has 1 aromatic rings. The fourth-order valence-electron chi connectivity index (χ4n) is 1.42. The van der Waals surface area contributed by atoms with Crippen LogP contribution >= 0.6 is 0 Å². The molecule has 8 heteroatoms. The number of guanidine groups is 1. The Hall–Kier alpha value is -1.93. The molecule has 0 radical (unpaired) electrons. The Kier molecular flexibility index (Phi) is 7.30. The molecule has 4 N–H and O–H groups in total. The van der Waals surface area contributed by atoms with Crippen molar-refractivity contribution in [2.24, 2.45) is 10.8 Å². The number of nitrogens with one attached hydrogen (secondary N) is 2. The first kappa shape index (κ1) is 16.1. The summed E-state index contributed by atoms with van der Waals surface area (Å²) in [4.78, 5) is 4.14. The van der Waals surface area contributed by atoms with Gasteiger partial charge in [-0.05, 0) is 18.6 Å². The molecule has 0 amide bonds. The number of rotatable bonds is 7. The lowest BCUT2D eigenvalue weighted by atomic mass is 10.3. The zero-order valence-electron chi connectivity index (χ0n) is 11.1. The molecule has 0 fully saturated rings. The Balaban J connectivity index is 2.69. The number of alkyl halides is 2. The predicted octanol–water partition coefficient (Wildman–Crippen LogP) is 1.56. The normalized spacial score (nSPS) is 11.6. The number of anilines is 1. The monoisotopic (exact) mass is 288 g/mol. The third-order valence-corrected chi connectivity index (χ3v) is 2.27. The van der Waals surface area contributed by atoms with Gasteiger partial charge in [0.1, 0.15) is 5.75 Å². The van der Waals surface area contributed by atoms with Crippen LogP contribution in [0.2, 0.25) is 0 Å². The van der Waals surface area contributed by atoms with Crippen LogP contribution in [-0.4, -0.2) is 32.8 Å². The van der Waals surface area contributed by atoms with Gasteiger partial charge in [0.25, 0.3) is 0 Å². The van der Waals surface area contributed by atoms with Gasteiger partial charge in [0, 0.05) is 20.3 Å². The molecule has 1 rings (SSSR count). The van der Waals surface area contributed by atoms with Crippen LogP contribution in [0, 0.1) is 0 Å². The quantitative estimate of drug-likeness (QED) is 0.233. The molecule has 6 nitrogen and oxygen atoms in total. The molecular formula is C12H18F2N4O2. The summed E-state index contributed by atoms with van der Waals surface area (Å²) in [5.74, 6) is 5.60. The van der Waals surface area contributed by atoms with E-state index in [1.165, 1.54) is 6.07 Å². The van der Waals surface area contributed by atoms with Crippen LogP contribution in [-0.2, 0) is 4.74 Å². The lowest BCUT2D eigenvalue weighted by Gasteiger charge is -2.13. The van der Waals surface area contributed by atoms with Crippen molar-refractivity contribution in [3.8, 4) is 5.75 Å². The van der Waals surface area contributed by atoms with Crippen molar-refractivity contribution >= 4 is 11.6 Å². The summed E-state index contributed by atoms with van der Waals surface area (Å²) in [6.07, 6.45) is 0.721. The number of para-hydroxylation sites is 2. The Morgan fingerprint density at radius 3 is 2.80 bits per heavy atom. The molecule has 1 aromatic carbocycles. The van der Waals surface area contributed by atoms with Gasteiger partial charge in [-0.15, -0.1) is 0 Å². The van der Waals surface area contributed by atoms with E-state index in [2.05, 4.69) is 20.5 Å². The summed E-state index contributed by atoms with van der Waals surface area (Å²) < 4.78 is 33.8. The molecule has 0 aliphatic heterocycles. The highest BCUT2D eigenvalue weighted by atomic mass is 19.3. The number of hydrogen-bond acceptors (Lipinski definition) is 4. The number of methoxy groups -OCH3 is 1. The van der Waals surface area contributed by atoms with E-state index >= 15 is 0 Å². The van der Waals surface area contributed by atoms with E-state index in [9.17, 15) is 8.78 Å². The summed E-state index contributed by atoms with van der Waals surface area (Å²) in [5.41, 5.74) is 2.71. The van der Waals surface area contributed by atoms with Crippen LogP contribution in [0.15, 0.2) is 29.3 Å². The highest BCUT2D eigenvalue weighted by Gasteiger charge is 2.10. The molecule has 0 bridgehead atoms. The molecule has 0 saturated heterocycles. The van der Waals surface area contributed by atoms with Gasteiger partial charge in [-0.2, -0.15) is 8.78 Å². The Labute approximate surface area is 115 Å². The van der Waals surface area contributed by atoms with E-state index in [-0.39, 0.29) is 11.7 Å². The lowest BCUT2D eigenvalue weighted by Crippen LogP contribution is -2.36. The summed E-state index contributed by atoms with van der Waals surface area (Å²) in [6.45, 7) is -1.84. The fourth-order valence-corrected chi connectivity index (χ4v) is 1.42. The number of aliphatic imine (C=N–C) groups is 1. The van der Waals surface area contributed by atoms with E-state index in [0.29, 0.717) is 18.8 Å². The molecular weight excluding hydrogens is 270 g/mol. The van der Waals surface area contributed by atoms with E-state index < -0.39 is 6.61 Å². The maximum Gasteiger partial charge on any atom is 0.387 e. The molecule has 0 aliphatic rings. The smallest absolute Gasteiger partial charge is 0.387 e. The van der Waals surface area contributed by atoms with Crippen molar-refractivity contribution in [1.29, 1.82) is 0 Å². The van der Waals surface area contributed by atoms with Gasteiger partial charge in [-0.1, -0.05) is 12.1 Å². The van der Waals surface area contributed by atoms with Crippen LogP contribution in [0.4, 0.5) is 14.5 Å². The van der Waals surface area contributed by atoms with Gasteiger partial charge in [0.05, 0.1) is 5.69 Å². The number of benzene rings is 1. The first-order chi connectivity index (χ1) is 9.67. The first-order valence-electron chi connectivity index (χ1n) is 5.98.